The van der Waals surface area contributed by atoms with Crippen LogP contribution in [0.5, 0.6) is 0 Å². The first-order chi connectivity index (χ1) is 14.0. The number of nitrogens with zero attached hydrogens (tertiary/aromatic N) is 3. The second-order valence-corrected chi connectivity index (χ2v) is 8.66. The first-order valence-electron chi connectivity index (χ1n) is 10.1. The van der Waals surface area contributed by atoms with E-state index >= 15 is 0 Å². The fourth-order valence-electron chi connectivity index (χ4n) is 4.53. The lowest BCUT2D eigenvalue weighted by molar-refractivity contribution is -0.151. The molecule has 0 radical (unpaired) electrons. The topological polar surface area (TPSA) is 108 Å². The maximum absolute atomic E-state index is 12.5. The van der Waals surface area contributed by atoms with Crippen molar-refractivity contribution in [1.29, 1.82) is 0 Å². The Morgan fingerprint density at radius 3 is 2.72 bits per heavy atom. The van der Waals surface area contributed by atoms with E-state index in [0.29, 0.717) is 30.1 Å². The fourth-order valence-corrected chi connectivity index (χ4v) is 4.53. The number of H-pyrrole nitrogens is 1. The molecule has 0 atom stereocenters. The highest BCUT2D eigenvalue weighted by Crippen LogP contribution is 2.48. The minimum Gasteiger partial charge on any atom is -0.349 e. The molecule has 3 aliphatic rings. The Morgan fingerprint density at radius 2 is 2.00 bits per heavy atom. The van der Waals surface area contributed by atoms with Crippen molar-refractivity contribution in [2.24, 2.45) is 5.41 Å². The van der Waals surface area contributed by atoms with E-state index in [-0.39, 0.29) is 35.3 Å². The Labute approximate surface area is 167 Å². The summed E-state index contributed by atoms with van der Waals surface area (Å²) in [6.07, 6.45) is 7.39. The highest BCUT2D eigenvalue weighted by Gasteiger charge is 2.53. The third-order valence-corrected chi connectivity index (χ3v) is 6.29. The van der Waals surface area contributed by atoms with Crippen LogP contribution < -0.4 is 10.9 Å². The molecule has 2 aromatic heterocycles. The van der Waals surface area contributed by atoms with Gasteiger partial charge in [-0.3, -0.25) is 19.4 Å². The fraction of sp³-hybridized carbons (Fsp3) is 0.476. The van der Waals surface area contributed by atoms with Gasteiger partial charge in [-0.1, -0.05) is 0 Å². The Morgan fingerprint density at radius 1 is 1.21 bits per heavy atom. The lowest BCUT2D eigenvalue weighted by Crippen LogP contribution is -2.67. The molecule has 3 heterocycles. The Balaban J connectivity index is 1.10. The molecule has 2 aliphatic carbocycles. The molecule has 0 bridgehead atoms. The van der Waals surface area contributed by atoms with Gasteiger partial charge < -0.3 is 10.2 Å². The molecule has 29 heavy (non-hydrogen) atoms. The van der Waals surface area contributed by atoms with Crippen molar-refractivity contribution in [3.63, 3.8) is 0 Å². The van der Waals surface area contributed by atoms with E-state index in [9.17, 15) is 14.4 Å². The van der Waals surface area contributed by atoms with Crippen molar-refractivity contribution in [2.45, 2.75) is 44.1 Å². The lowest BCUT2D eigenvalue weighted by Gasteiger charge is -2.59. The third kappa shape index (κ3) is 3.54. The van der Waals surface area contributed by atoms with Crippen LogP contribution in [0.1, 0.15) is 53.2 Å². The van der Waals surface area contributed by atoms with Gasteiger partial charge in [0.05, 0.1) is 6.42 Å². The summed E-state index contributed by atoms with van der Waals surface area (Å²) in [5.41, 5.74) is 1.94. The van der Waals surface area contributed by atoms with E-state index in [4.69, 9.17) is 0 Å². The first-order valence-corrected chi connectivity index (χ1v) is 10.1. The number of rotatable bonds is 5. The average molecular weight is 393 g/mol. The molecule has 2 aromatic rings. The SMILES string of the molecule is O=C(NC1CC2(C1)CN(C(=O)Cc1ccn[nH]c1=O)C2)c1ccnc(C2CC2)c1. The predicted octanol–water partition coefficient (Wildman–Crippen LogP) is 1.01. The van der Waals surface area contributed by atoms with Gasteiger partial charge in [-0.15, -0.1) is 0 Å². The number of carbonyl (C=O) groups excluding carboxylic acids is 2. The Hall–Kier alpha value is -3.03. The van der Waals surface area contributed by atoms with Crippen molar-refractivity contribution in [1.82, 2.24) is 25.4 Å². The van der Waals surface area contributed by atoms with E-state index < -0.39 is 0 Å². The van der Waals surface area contributed by atoms with Crippen molar-refractivity contribution in [3.8, 4) is 0 Å². The van der Waals surface area contributed by atoms with E-state index in [1.54, 1.807) is 23.2 Å². The summed E-state index contributed by atoms with van der Waals surface area (Å²) < 4.78 is 0. The van der Waals surface area contributed by atoms with Gasteiger partial charge in [0.2, 0.25) is 5.91 Å². The van der Waals surface area contributed by atoms with Gasteiger partial charge >= 0.3 is 0 Å². The first kappa shape index (κ1) is 18.0. The second kappa shape index (κ2) is 6.79. The van der Waals surface area contributed by atoms with Gasteiger partial charge in [-0.2, -0.15) is 5.10 Å². The van der Waals surface area contributed by atoms with Crippen LogP contribution in [0, 0.1) is 5.41 Å². The maximum atomic E-state index is 12.5. The molecule has 1 saturated heterocycles. The number of aromatic amines is 1. The number of nitrogens with one attached hydrogen (secondary N) is 2. The van der Waals surface area contributed by atoms with Crippen LogP contribution in [0.2, 0.25) is 0 Å². The van der Waals surface area contributed by atoms with Crippen LogP contribution in [0.4, 0.5) is 0 Å². The van der Waals surface area contributed by atoms with Crippen LogP contribution in [0.15, 0.2) is 35.4 Å². The molecule has 8 heteroatoms. The number of hydrogen-bond acceptors (Lipinski definition) is 5. The minimum absolute atomic E-state index is 0.0378. The van der Waals surface area contributed by atoms with Crippen molar-refractivity contribution >= 4 is 11.8 Å². The number of hydrogen-bond donors (Lipinski definition) is 2. The Bertz CT molecular complexity index is 1010. The lowest BCUT2D eigenvalue weighted by atomic mass is 9.60. The Kier molecular flexibility index (Phi) is 4.22. The van der Waals surface area contributed by atoms with Crippen LogP contribution in [-0.4, -0.2) is 51.0 Å². The average Bonchev–Trinajstić information content (AvgIpc) is 3.49. The number of pyridine rings is 1. The van der Waals surface area contributed by atoms with Gasteiger partial charge in [0.15, 0.2) is 0 Å². The molecule has 2 saturated carbocycles. The highest BCUT2D eigenvalue weighted by molar-refractivity contribution is 5.94. The summed E-state index contributed by atoms with van der Waals surface area (Å²) in [5, 5.41) is 9.11. The summed E-state index contributed by atoms with van der Waals surface area (Å²) in [4.78, 5) is 42.7. The molecule has 1 spiro atoms. The summed E-state index contributed by atoms with van der Waals surface area (Å²) >= 11 is 0. The molecule has 1 aliphatic heterocycles. The third-order valence-electron chi connectivity index (χ3n) is 6.29. The largest absolute Gasteiger partial charge is 0.349 e. The molecule has 0 aromatic carbocycles. The van der Waals surface area contributed by atoms with Crippen molar-refractivity contribution < 1.29 is 9.59 Å². The van der Waals surface area contributed by atoms with Crippen molar-refractivity contribution in [2.75, 3.05) is 13.1 Å². The molecule has 2 N–H and O–H groups in total. The van der Waals surface area contributed by atoms with Gasteiger partial charge in [-0.05, 0) is 43.9 Å². The molecule has 8 nitrogen and oxygen atoms in total. The van der Waals surface area contributed by atoms with E-state index in [1.165, 1.54) is 6.20 Å². The monoisotopic (exact) mass is 393 g/mol. The molecule has 150 valence electrons. The summed E-state index contributed by atoms with van der Waals surface area (Å²) in [6, 6.07) is 5.40. The normalized spacial score (nSPS) is 20.1. The zero-order chi connectivity index (χ0) is 20.0. The highest BCUT2D eigenvalue weighted by atomic mass is 16.2. The van der Waals surface area contributed by atoms with E-state index in [1.807, 2.05) is 6.07 Å². The van der Waals surface area contributed by atoms with Gasteiger partial charge in [-0.25, -0.2) is 5.10 Å². The maximum Gasteiger partial charge on any atom is 0.267 e. The van der Waals surface area contributed by atoms with Crippen LogP contribution in [0.25, 0.3) is 0 Å². The summed E-state index contributed by atoms with van der Waals surface area (Å²) in [5.74, 6) is 0.443. The van der Waals surface area contributed by atoms with Gasteiger partial charge in [0.1, 0.15) is 0 Å². The molecule has 3 fully saturated rings. The minimum atomic E-state index is -0.316. The standard InChI is InChI=1S/C21H23N5O3/c27-18(8-15-4-6-23-25-20(15)29)26-11-21(12-26)9-16(10-21)24-19(28)14-3-5-22-17(7-14)13-1-2-13/h3-7,13,16H,1-2,8-12H2,(H,24,28)(H,25,29). The number of likely N-dealkylation sites (tertiary alicyclic amines) is 1. The zero-order valence-electron chi connectivity index (χ0n) is 16.1. The number of amides is 2. The van der Waals surface area contributed by atoms with Crippen LogP contribution in [-0.2, 0) is 11.2 Å². The molecular weight excluding hydrogens is 370 g/mol. The number of aromatic nitrogens is 3. The van der Waals surface area contributed by atoms with Crippen LogP contribution in [0.3, 0.4) is 0 Å². The summed E-state index contributed by atoms with van der Waals surface area (Å²) in [7, 11) is 0. The number of carbonyl (C=O) groups is 2. The zero-order valence-corrected chi connectivity index (χ0v) is 16.1. The predicted molar refractivity (Wildman–Crippen MR) is 104 cm³/mol. The van der Waals surface area contributed by atoms with E-state index in [2.05, 4.69) is 20.5 Å². The molecule has 5 rings (SSSR count). The van der Waals surface area contributed by atoms with Gasteiger partial charge in [0.25, 0.3) is 11.5 Å². The summed E-state index contributed by atoms with van der Waals surface area (Å²) in [6.45, 7) is 1.39. The van der Waals surface area contributed by atoms with Crippen molar-refractivity contribution in [3.05, 3.63) is 57.8 Å². The molecule has 0 unspecified atom stereocenters. The molecule has 2 amide bonds. The van der Waals surface area contributed by atoms with E-state index in [0.717, 1.165) is 31.4 Å². The van der Waals surface area contributed by atoms with Crippen LogP contribution >= 0.6 is 0 Å². The second-order valence-electron chi connectivity index (χ2n) is 8.66. The van der Waals surface area contributed by atoms with Gasteiger partial charge in [0, 0.05) is 59.7 Å². The quantitative estimate of drug-likeness (QED) is 0.788. The smallest absolute Gasteiger partial charge is 0.267 e. The molecular formula is C21H23N5O3.